The summed E-state index contributed by atoms with van der Waals surface area (Å²) in [7, 11) is 1.54. The lowest BCUT2D eigenvalue weighted by molar-refractivity contribution is -0.119. The number of anilines is 2. The lowest BCUT2D eigenvalue weighted by Crippen LogP contribution is -2.47. The molecule has 1 aliphatic heterocycles. The van der Waals surface area contributed by atoms with Crippen molar-refractivity contribution >= 4 is 44.8 Å². The predicted octanol–water partition coefficient (Wildman–Crippen LogP) is 3.25. The van der Waals surface area contributed by atoms with Crippen molar-refractivity contribution < 1.29 is 9.53 Å². The highest BCUT2D eigenvalue weighted by molar-refractivity contribution is 9.10. The Morgan fingerprint density at radius 1 is 1.41 bits per heavy atom. The van der Waals surface area contributed by atoms with Crippen LogP contribution < -0.4 is 15.4 Å². The molecule has 0 atom stereocenters. The van der Waals surface area contributed by atoms with Gasteiger partial charge in [-0.3, -0.25) is 4.79 Å². The zero-order chi connectivity index (χ0) is 12.8. The molecule has 2 rings (SSSR count). The van der Waals surface area contributed by atoms with E-state index in [1.54, 1.807) is 27.0 Å². The van der Waals surface area contributed by atoms with Gasteiger partial charge in [0.2, 0.25) is 5.91 Å². The van der Waals surface area contributed by atoms with Gasteiger partial charge in [-0.1, -0.05) is 11.6 Å². The zero-order valence-corrected chi connectivity index (χ0v) is 12.0. The Bertz CT molecular complexity index is 503. The molecule has 0 fully saturated rings. The second-order valence-corrected chi connectivity index (χ2v) is 5.56. The van der Waals surface area contributed by atoms with Crippen LogP contribution in [-0.2, 0) is 4.79 Å². The fourth-order valence-electron chi connectivity index (χ4n) is 1.64. The number of carbonyl (C=O) groups is 1. The number of amides is 1. The van der Waals surface area contributed by atoms with Crippen molar-refractivity contribution in [3.05, 3.63) is 15.6 Å². The van der Waals surface area contributed by atoms with Crippen molar-refractivity contribution in [1.82, 2.24) is 0 Å². The smallest absolute Gasteiger partial charge is 0.249 e. The zero-order valence-electron chi connectivity index (χ0n) is 9.65. The molecule has 17 heavy (non-hydrogen) atoms. The Balaban J connectivity index is 2.64. The fourth-order valence-corrected chi connectivity index (χ4v) is 2.25. The first kappa shape index (κ1) is 12.5. The van der Waals surface area contributed by atoms with Crippen molar-refractivity contribution in [3.63, 3.8) is 0 Å². The molecule has 6 heteroatoms. The molecule has 2 N–H and O–H groups in total. The number of benzene rings is 1. The standard InChI is InChI=1S/C11H12BrClN2O2/c1-11(2)10(16)14-8-6(17-3)4-5(12)7(13)9(8)15-11/h4,15H,1-3H3,(H,14,16). The van der Waals surface area contributed by atoms with Crippen LogP contribution in [0, 0.1) is 0 Å². The third-order valence-corrected chi connectivity index (χ3v) is 3.89. The first-order valence-corrected chi connectivity index (χ1v) is 6.19. The van der Waals surface area contributed by atoms with Crippen molar-refractivity contribution in [3.8, 4) is 5.75 Å². The van der Waals surface area contributed by atoms with Crippen LogP contribution in [0.1, 0.15) is 13.8 Å². The van der Waals surface area contributed by atoms with E-state index < -0.39 is 5.54 Å². The van der Waals surface area contributed by atoms with Crippen molar-refractivity contribution in [2.75, 3.05) is 17.7 Å². The van der Waals surface area contributed by atoms with Crippen LogP contribution in [-0.4, -0.2) is 18.6 Å². The number of rotatable bonds is 1. The van der Waals surface area contributed by atoms with E-state index in [1.165, 1.54) is 0 Å². The van der Waals surface area contributed by atoms with E-state index in [4.69, 9.17) is 16.3 Å². The number of nitrogens with one attached hydrogen (secondary N) is 2. The number of fused-ring (bicyclic) bond motifs is 1. The maximum atomic E-state index is 11.9. The molecule has 1 aliphatic rings. The quantitative estimate of drug-likeness (QED) is 0.835. The van der Waals surface area contributed by atoms with Crippen LogP contribution in [0.25, 0.3) is 0 Å². The Hall–Kier alpha value is -0.940. The summed E-state index contributed by atoms with van der Waals surface area (Å²) < 4.78 is 5.94. The molecule has 0 aromatic heterocycles. The van der Waals surface area contributed by atoms with E-state index in [2.05, 4.69) is 26.6 Å². The van der Waals surface area contributed by atoms with Gasteiger partial charge in [0.1, 0.15) is 17.0 Å². The van der Waals surface area contributed by atoms with Gasteiger partial charge in [-0.05, 0) is 35.8 Å². The van der Waals surface area contributed by atoms with Gasteiger partial charge in [-0.2, -0.15) is 0 Å². The van der Waals surface area contributed by atoms with Crippen molar-refractivity contribution in [2.45, 2.75) is 19.4 Å². The molecule has 0 saturated carbocycles. The lowest BCUT2D eigenvalue weighted by atomic mass is 10.00. The van der Waals surface area contributed by atoms with Gasteiger partial charge in [0.05, 0.1) is 17.8 Å². The minimum atomic E-state index is -0.706. The highest BCUT2D eigenvalue weighted by Gasteiger charge is 2.36. The average Bonchev–Trinajstić information content (AvgIpc) is 2.26. The third kappa shape index (κ3) is 1.98. The Morgan fingerprint density at radius 2 is 2.06 bits per heavy atom. The fraction of sp³-hybridized carbons (Fsp3) is 0.364. The number of halogens is 2. The first-order valence-electron chi connectivity index (χ1n) is 5.02. The number of methoxy groups -OCH3 is 1. The highest BCUT2D eigenvalue weighted by Crippen LogP contribution is 2.46. The van der Waals surface area contributed by atoms with E-state index in [-0.39, 0.29) is 5.91 Å². The molecule has 92 valence electrons. The van der Waals surface area contributed by atoms with Crippen molar-refractivity contribution in [1.29, 1.82) is 0 Å². The second kappa shape index (κ2) is 4.07. The van der Waals surface area contributed by atoms with Gasteiger partial charge in [-0.15, -0.1) is 0 Å². The van der Waals surface area contributed by atoms with Crippen LogP contribution in [0.3, 0.4) is 0 Å². The predicted molar refractivity (Wildman–Crippen MR) is 72.0 cm³/mol. The molecule has 1 heterocycles. The molecule has 0 spiro atoms. The van der Waals surface area contributed by atoms with Crippen LogP contribution in [0.2, 0.25) is 5.02 Å². The minimum absolute atomic E-state index is 0.123. The molecule has 1 amide bonds. The maximum absolute atomic E-state index is 11.9. The summed E-state index contributed by atoms with van der Waals surface area (Å²) in [5, 5.41) is 6.44. The summed E-state index contributed by atoms with van der Waals surface area (Å²) in [5.41, 5.74) is 0.537. The van der Waals surface area contributed by atoms with Gasteiger partial charge in [-0.25, -0.2) is 0 Å². The molecular weight excluding hydrogens is 307 g/mol. The summed E-state index contributed by atoms with van der Waals surface area (Å²) in [5.74, 6) is 0.439. The van der Waals surface area contributed by atoms with E-state index in [0.717, 1.165) is 0 Å². The van der Waals surface area contributed by atoms with Gasteiger partial charge in [0.25, 0.3) is 0 Å². The Labute approximate surface area is 113 Å². The van der Waals surface area contributed by atoms with Crippen LogP contribution in [0.4, 0.5) is 11.4 Å². The summed E-state index contributed by atoms with van der Waals surface area (Å²) in [6.07, 6.45) is 0. The van der Waals surface area contributed by atoms with Crippen LogP contribution in [0.15, 0.2) is 10.5 Å². The molecule has 1 aromatic rings. The van der Waals surface area contributed by atoms with E-state index in [1.807, 2.05) is 0 Å². The molecule has 0 saturated heterocycles. The first-order chi connectivity index (χ1) is 7.86. The molecule has 0 unspecified atom stereocenters. The summed E-state index contributed by atoms with van der Waals surface area (Å²) in [4.78, 5) is 11.9. The van der Waals surface area contributed by atoms with E-state index in [0.29, 0.717) is 26.6 Å². The highest BCUT2D eigenvalue weighted by atomic mass is 79.9. The van der Waals surface area contributed by atoms with Crippen LogP contribution in [0.5, 0.6) is 5.75 Å². The molecule has 4 nitrogen and oxygen atoms in total. The van der Waals surface area contributed by atoms with E-state index >= 15 is 0 Å². The lowest BCUT2D eigenvalue weighted by Gasteiger charge is -2.34. The molecule has 0 bridgehead atoms. The third-order valence-electron chi connectivity index (χ3n) is 2.65. The summed E-state index contributed by atoms with van der Waals surface area (Å²) >= 11 is 9.55. The maximum Gasteiger partial charge on any atom is 0.249 e. The SMILES string of the molecule is COc1cc(Br)c(Cl)c2c1NC(=O)C(C)(C)N2. The number of carbonyl (C=O) groups excluding carboxylic acids is 1. The van der Waals surface area contributed by atoms with Crippen LogP contribution >= 0.6 is 27.5 Å². The summed E-state index contributed by atoms with van der Waals surface area (Å²) in [6, 6.07) is 1.72. The van der Waals surface area contributed by atoms with Gasteiger partial charge in [0.15, 0.2) is 0 Å². The topological polar surface area (TPSA) is 50.4 Å². The van der Waals surface area contributed by atoms with Crippen molar-refractivity contribution in [2.24, 2.45) is 0 Å². The average molecular weight is 320 g/mol. The normalized spacial score (nSPS) is 16.9. The monoisotopic (exact) mass is 318 g/mol. The van der Waals surface area contributed by atoms with Gasteiger partial charge < -0.3 is 15.4 Å². The minimum Gasteiger partial charge on any atom is -0.494 e. The molecular formula is C11H12BrClN2O2. The number of hydrogen-bond acceptors (Lipinski definition) is 3. The summed E-state index contributed by atoms with van der Waals surface area (Å²) in [6.45, 7) is 3.57. The Morgan fingerprint density at radius 3 is 2.65 bits per heavy atom. The number of hydrogen-bond donors (Lipinski definition) is 2. The molecule has 1 aromatic carbocycles. The van der Waals surface area contributed by atoms with E-state index in [9.17, 15) is 4.79 Å². The molecule has 0 radical (unpaired) electrons. The Kier molecular flexibility index (Phi) is 2.99. The molecule has 0 aliphatic carbocycles. The largest absolute Gasteiger partial charge is 0.494 e. The van der Waals surface area contributed by atoms with Gasteiger partial charge in [0, 0.05) is 4.47 Å². The number of ether oxygens (including phenoxy) is 1. The second-order valence-electron chi connectivity index (χ2n) is 4.33. The van der Waals surface area contributed by atoms with Gasteiger partial charge >= 0.3 is 0 Å².